The number of ketones is 1. The molecule has 0 amide bonds. The number of carbonyl (C=O) groups is 1. The fraction of sp³-hybridized carbons (Fsp3) is 0.500. The van der Waals surface area contributed by atoms with Crippen molar-refractivity contribution >= 4 is 17.1 Å². The van der Waals surface area contributed by atoms with Gasteiger partial charge in [-0.2, -0.15) is 0 Å². The van der Waals surface area contributed by atoms with Crippen LogP contribution >= 0.6 is 11.3 Å². The zero-order chi connectivity index (χ0) is 9.84. The molecule has 72 valence electrons. The smallest absolute Gasteiger partial charge is 0.138 e. The van der Waals surface area contributed by atoms with E-state index in [1.54, 1.807) is 6.92 Å². The minimum Gasteiger partial charge on any atom is -0.387 e. The summed E-state index contributed by atoms with van der Waals surface area (Å²) in [5.74, 6) is -0.176. The third-order valence-corrected chi connectivity index (χ3v) is 3.11. The Morgan fingerprint density at radius 1 is 1.69 bits per heavy atom. The van der Waals surface area contributed by atoms with Gasteiger partial charge in [0.1, 0.15) is 5.78 Å². The second-order valence-corrected chi connectivity index (χ2v) is 4.05. The predicted molar refractivity (Wildman–Crippen MR) is 53.7 cm³/mol. The topological polar surface area (TPSA) is 37.3 Å². The number of rotatable bonds is 4. The van der Waals surface area contributed by atoms with Crippen molar-refractivity contribution in [1.29, 1.82) is 0 Å². The summed E-state index contributed by atoms with van der Waals surface area (Å²) in [6.45, 7) is 3.59. The Bertz CT molecular complexity index is 266. The van der Waals surface area contributed by atoms with E-state index in [0.717, 1.165) is 4.88 Å². The minimum atomic E-state index is -0.632. The summed E-state index contributed by atoms with van der Waals surface area (Å²) in [5, 5.41) is 11.7. The Hall–Kier alpha value is -0.670. The second kappa shape index (κ2) is 4.53. The van der Waals surface area contributed by atoms with Crippen LogP contribution in [0.2, 0.25) is 0 Å². The minimum absolute atomic E-state index is 0.112. The van der Waals surface area contributed by atoms with Gasteiger partial charge >= 0.3 is 0 Å². The number of thiophene rings is 1. The van der Waals surface area contributed by atoms with E-state index in [-0.39, 0.29) is 11.7 Å². The average Bonchev–Trinajstić information content (AvgIpc) is 2.67. The normalized spacial score (nSPS) is 15.3. The Labute approximate surface area is 82.2 Å². The van der Waals surface area contributed by atoms with E-state index in [1.807, 2.05) is 24.4 Å². The molecular weight excluding hydrogens is 184 g/mol. The maximum atomic E-state index is 11.3. The average molecular weight is 198 g/mol. The number of hydrogen-bond donors (Lipinski definition) is 1. The number of Topliss-reactive ketones (excluding diaryl/α,β-unsaturated/α-hetero) is 1. The van der Waals surface area contributed by atoms with E-state index in [1.165, 1.54) is 11.3 Å². The molecule has 0 radical (unpaired) electrons. The molecule has 0 aliphatic carbocycles. The van der Waals surface area contributed by atoms with Gasteiger partial charge in [0.15, 0.2) is 0 Å². The van der Waals surface area contributed by atoms with Crippen LogP contribution in [0.25, 0.3) is 0 Å². The molecule has 0 bridgehead atoms. The molecule has 1 aromatic heterocycles. The molecule has 2 atom stereocenters. The van der Waals surface area contributed by atoms with Crippen molar-refractivity contribution in [3.63, 3.8) is 0 Å². The summed E-state index contributed by atoms with van der Waals surface area (Å²) in [6.07, 6.45) is -0.142. The largest absolute Gasteiger partial charge is 0.387 e. The van der Waals surface area contributed by atoms with E-state index >= 15 is 0 Å². The van der Waals surface area contributed by atoms with E-state index < -0.39 is 6.10 Å². The van der Waals surface area contributed by atoms with E-state index in [9.17, 15) is 9.90 Å². The molecule has 3 heteroatoms. The molecule has 0 saturated carbocycles. The molecule has 0 spiro atoms. The van der Waals surface area contributed by atoms with E-state index in [4.69, 9.17) is 0 Å². The summed E-state index contributed by atoms with van der Waals surface area (Å²) < 4.78 is 0. The van der Waals surface area contributed by atoms with Gasteiger partial charge in [-0.1, -0.05) is 19.9 Å². The number of aliphatic hydroxyl groups excluding tert-OH is 1. The predicted octanol–water partition coefficient (Wildman–Crippen LogP) is 2.40. The van der Waals surface area contributed by atoms with Gasteiger partial charge in [0.25, 0.3) is 0 Å². The lowest BCUT2D eigenvalue weighted by atomic mass is 9.97. The molecule has 1 N–H and O–H groups in total. The Kier molecular flexibility index (Phi) is 3.63. The van der Waals surface area contributed by atoms with Crippen molar-refractivity contribution in [1.82, 2.24) is 0 Å². The van der Waals surface area contributed by atoms with Crippen LogP contribution in [0.15, 0.2) is 17.5 Å². The van der Waals surface area contributed by atoms with Gasteiger partial charge in [-0.25, -0.2) is 0 Å². The van der Waals surface area contributed by atoms with Gasteiger partial charge in [-0.15, -0.1) is 11.3 Å². The lowest BCUT2D eigenvalue weighted by Gasteiger charge is -2.15. The zero-order valence-electron chi connectivity index (χ0n) is 7.86. The second-order valence-electron chi connectivity index (χ2n) is 3.07. The van der Waals surface area contributed by atoms with Crippen LogP contribution in [0.5, 0.6) is 0 Å². The summed E-state index contributed by atoms with van der Waals surface area (Å²) in [5.41, 5.74) is 0. The monoisotopic (exact) mass is 198 g/mol. The highest BCUT2D eigenvalue weighted by molar-refractivity contribution is 7.10. The van der Waals surface area contributed by atoms with Crippen LogP contribution in [0, 0.1) is 5.92 Å². The Morgan fingerprint density at radius 3 is 2.85 bits per heavy atom. The summed E-state index contributed by atoms with van der Waals surface area (Å²) >= 11 is 1.49. The van der Waals surface area contributed by atoms with Crippen LogP contribution in [0.3, 0.4) is 0 Å². The SMILES string of the molecule is CCC(=O)[C@@H](C)[C@H](O)c1cccs1. The lowest BCUT2D eigenvalue weighted by Crippen LogP contribution is -2.17. The molecular formula is C10H14O2S. The van der Waals surface area contributed by atoms with E-state index in [2.05, 4.69) is 0 Å². The van der Waals surface area contributed by atoms with Gasteiger partial charge in [0, 0.05) is 17.2 Å². The van der Waals surface area contributed by atoms with Crippen molar-refractivity contribution in [2.75, 3.05) is 0 Å². The van der Waals surface area contributed by atoms with Gasteiger partial charge in [-0.3, -0.25) is 4.79 Å². The molecule has 1 rings (SSSR count). The first-order chi connectivity index (χ1) is 6.16. The van der Waals surface area contributed by atoms with Gasteiger partial charge in [0.05, 0.1) is 6.10 Å². The first kappa shape index (κ1) is 10.4. The first-order valence-corrected chi connectivity index (χ1v) is 5.29. The van der Waals surface area contributed by atoms with Crippen LogP contribution in [0.1, 0.15) is 31.2 Å². The summed E-state index contributed by atoms with van der Waals surface area (Å²) in [7, 11) is 0. The Balaban J connectivity index is 2.68. The summed E-state index contributed by atoms with van der Waals surface area (Å²) in [6, 6.07) is 3.74. The first-order valence-electron chi connectivity index (χ1n) is 4.41. The molecule has 0 aromatic carbocycles. The standard InChI is InChI=1S/C10H14O2S/c1-3-8(11)7(2)10(12)9-5-4-6-13-9/h4-7,10,12H,3H2,1-2H3/t7-,10+/m1/s1. The van der Waals surface area contributed by atoms with Crippen molar-refractivity contribution in [2.45, 2.75) is 26.4 Å². The molecule has 0 fully saturated rings. The number of carbonyl (C=O) groups excluding carboxylic acids is 1. The molecule has 0 unspecified atom stereocenters. The van der Waals surface area contributed by atoms with Gasteiger partial charge in [0.2, 0.25) is 0 Å². The lowest BCUT2D eigenvalue weighted by molar-refractivity contribution is -0.125. The molecule has 0 aliphatic rings. The third kappa shape index (κ3) is 2.39. The molecule has 1 heterocycles. The molecule has 0 aliphatic heterocycles. The van der Waals surface area contributed by atoms with Crippen molar-refractivity contribution in [3.05, 3.63) is 22.4 Å². The third-order valence-electron chi connectivity index (χ3n) is 2.16. The molecule has 0 saturated heterocycles. The molecule has 2 nitrogen and oxygen atoms in total. The number of aliphatic hydroxyl groups is 1. The van der Waals surface area contributed by atoms with Crippen molar-refractivity contribution < 1.29 is 9.90 Å². The van der Waals surface area contributed by atoms with Gasteiger partial charge < -0.3 is 5.11 Å². The zero-order valence-corrected chi connectivity index (χ0v) is 8.67. The van der Waals surface area contributed by atoms with E-state index in [0.29, 0.717) is 6.42 Å². The molecule has 1 aromatic rings. The van der Waals surface area contributed by atoms with Crippen molar-refractivity contribution in [3.8, 4) is 0 Å². The van der Waals surface area contributed by atoms with Crippen LogP contribution in [0.4, 0.5) is 0 Å². The maximum absolute atomic E-state index is 11.3. The summed E-state index contributed by atoms with van der Waals surface area (Å²) in [4.78, 5) is 12.2. The number of hydrogen-bond acceptors (Lipinski definition) is 3. The Morgan fingerprint density at radius 2 is 2.38 bits per heavy atom. The highest BCUT2D eigenvalue weighted by Gasteiger charge is 2.22. The van der Waals surface area contributed by atoms with Crippen LogP contribution in [-0.4, -0.2) is 10.9 Å². The fourth-order valence-electron chi connectivity index (χ4n) is 1.20. The van der Waals surface area contributed by atoms with Crippen LogP contribution in [-0.2, 0) is 4.79 Å². The van der Waals surface area contributed by atoms with Crippen molar-refractivity contribution in [2.24, 2.45) is 5.92 Å². The quantitative estimate of drug-likeness (QED) is 0.806. The highest BCUT2D eigenvalue weighted by Crippen LogP contribution is 2.26. The van der Waals surface area contributed by atoms with Crippen LogP contribution < -0.4 is 0 Å². The fourth-order valence-corrected chi connectivity index (χ4v) is 2.02. The highest BCUT2D eigenvalue weighted by atomic mass is 32.1. The van der Waals surface area contributed by atoms with Gasteiger partial charge in [-0.05, 0) is 11.4 Å². The maximum Gasteiger partial charge on any atom is 0.138 e. The molecule has 13 heavy (non-hydrogen) atoms.